The van der Waals surface area contributed by atoms with Crippen LogP contribution in [0.25, 0.3) is 0 Å². The van der Waals surface area contributed by atoms with E-state index >= 15 is 0 Å². The fourth-order valence-electron chi connectivity index (χ4n) is 4.48. The average Bonchev–Trinajstić information content (AvgIpc) is 2.79. The second-order valence-corrected chi connectivity index (χ2v) is 8.25. The van der Waals surface area contributed by atoms with E-state index < -0.39 is 5.97 Å². The summed E-state index contributed by atoms with van der Waals surface area (Å²) in [6.07, 6.45) is 1.19. The maximum atomic E-state index is 12.5. The van der Waals surface area contributed by atoms with Gasteiger partial charge in [-0.25, -0.2) is 9.59 Å². The first kappa shape index (κ1) is 21.8. The van der Waals surface area contributed by atoms with Gasteiger partial charge in [-0.3, -0.25) is 14.6 Å². The molecule has 0 aromatic heterocycles. The number of hydrogen-bond acceptors (Lipinski definition) is 5. The van der Waals surface area contributed by atoms with Crippen LogP contribution in [0.5, 0.6) is 0 Å². The molecule has 0 radical (unpaired) electrons. The highest BCUT2D eigenvalue weighted by Crippen LogP contribution is 2.34. The van der Waals surface area contributed by atoms with Crippen molar-refractivity contribution in [2.45, 2.75) is 39.0 Å². The number of fused-ring (bicyclic) bond motifs is 1. The SMILES string of the molecule is Cc1cccc2c1N(C1CCN(CC(=O)NCc3ccccc3C(=O)O)CC1)C(=O)OC2. The summed E-state index contributed by atoms with van der Waals surface area (Å²) in [4.78, 5) is 40.1. The molecule has 32 heavy (non-hydrogen) atoms. The van der Waals surface area contributed by atoms with Gasteiger partial charge in [0.05, 0.1) is 17.8 Å². The molecule has 8 nitrogen and oxygen atoms in total. The van der Waals surface area contributed by atoms with Gasteiger partial charge in [-0.1, -0.05) is 36.4 Å². The van der Waals surface area contributed by atoms with Crippen LogP contribution in [-0.2, 0) is 22.7 Å². The number of cyclic esters (lactones) is 1. The molecule has 0 aliphatic carbocycles. The van der Waals surface area contributed by atoms with Gasteiger partial charge in [0.2, 0.25) is 5.91 Å². The number of piperidine rings is 1. The lowest BCUT2D eigenvalue weighted by Gasteiger charge is -2.40. The molecule has 2 heterocycles. The highest BCUT2D eigenvalue weighted by atomic mass is 16.6. The van der Waals surface area contributed by atoms with Crippen molar-refractivity contribution in [1.82, 2.24) is 10.2 Å². The van der Waals surface area contributed by atoms with E-state index in [1.807, 2.05) is 25.1 Å². The third-order valence-electron chi connectivity index (χ3n) is 6.12. The zero-order valence-corrected chi connectivity index (χ0v) is 18.0. The van der Waals surface area contributed by atoms with Gasteiger partial charge in [0.15, 0.2) is 0 Å². The number of benzene rings is 2. The van der Waals surface area contributed by atoms with Crippen molar-refractivity contribution in [3.63, 3.8) is 0 Å². The van der Waals surface area contributed by atoms with Crippen molar-refractivity contribution in [1.29, 1.82) is 0 Å². The number of nitrogens with zero attached hydrogens (tertiary/aromatic N) is 2. The van der Waals surface area contributed by atoms with Gasteiger partial charge in [0, 0.05) is 31.2 Å². The van der Waals surface area contributed by atoms with Gasteiger partial charge in [0.1, 0.15) is 6.61 Å². The first-order valence-electron chi connectivity index (χ1n) is 10.8. The third kappa shape index (κ3) is 4.60. The first-order chi connectivity index (χ1) is 15.4. The van der Waals surface area contributed by atoms with Crippen molar-refractivity contribution in [2.24, 2.45) is 0 Å². The lowest BCUT2D eigenvalue weighted by Crippen LogP contribution is -2.51. The van der Waals surface area contributed by atoms with Gasteiger partial charge < -0.3 is 15.2 Å². The topological polar surface area (TPSA) is 99.2 Å². The van der Waals surface area contributed by atoms with Gasteiger partial charge in [0.25, 0.3) is 0 Å². The molecular formula is C24H27N3O5. The summed E-state index contributed by atoms with van der Waals surface area (Å²) in [6.45, 7) is 4.10. The quantitative estimate of drug-likeness (QED) is 0.721. The predicted molar refractivity (Wildman–Crippen MR) is 119 cm³/mol. The molecule has 0 bridgehead atoms. The molecule has 2 aromatic carbocycles. The van der Waals surface area contributed by atoms with Crippen LogP contribution >= 0.6 is 0 Å². The lowest BCUT2D eigenvalue weighted by atomic mass is 9.99. The van der Waals surface area contributed by atoms with Gasteiger partial charge >= 0.3 is 12.1 Å². The second kappa shape index (κ2) is 9.40. The summed E-state index contributed by atoms with van der Waals surface area (Å²) >= 11 is 0. The predicted octanol–water partition coefficient (Wildman–Crippen LogP) is 2.93. The smallest absolute Gasteiger partial charge is 0.414 e. The minimum absolute atomic E-state index is 0.0319. The Morgan fingerprint density at radius 3 is 2.62 bits per heavy atom. The van der Waals surface area contributed by atoms with Crippen molar-refractivity contribution in [3.8, 4) is 0 Å². The number of nitrogens with one attached hydrogen (secondary N) is 1. The number of ether oxygens (including phenoxy) is 1. The Morgan fingerprint density at radius 1 is 1.12 bits per heavy atom. The molecule has 0 unspecified atom stereocenters. The molecule has 168 valence electrons. The molecule has 0 saturated carbocycles. The maximum Gasteiger partial charge on any atom is 0.414 e. The maximum absolute atomic E-state index is 12.5. The molecule has 1 fully saturated rings. The number of para-hydroxylation sites is 1. The highest BCUT2D eigenvalue weighted by Gasteiger charge is 2.35. The van der Waals surface area contributed by atoms with Crippen LogP contribution in [0.15, 0.2) is 42.5 Å². The van der Waals surface area contributed by atoms with Crippen molar-refractivity contribution in [2.75, 3.05) is 24.5 Å². The molecule has 0 spiro atoms. The molecule has 0 atom stereocenters. The van der Waals surface area contributed by atoms with Gasteiger partial charge in [-0.05, 0) is 37.0 Å². The molecular weight excluding hydrogens is 410 g/mol. The van der Waals surface area contributed by atoms with E-state index in [1.165, 1.54) is 6.07 Å². The Morgan fingerprint density at radius 2 is 1.88 bits per heavy atom. The van der Waals surface area contributed by atoms with E-state index in [0.29, 0.717) is 25.3 Å². The molecule has 1 saturated heterocycles. The van der Waals surface area contributed by atoms with E-state index in [-0.39, 0.29) is 36.7 Å². The Labute approximate surface area is 186 Å². The van der Waals surface area contributed by atoms with E-state index in [0.717, 1.165) is 29.7 Å². The first-order valence-corrected chi connectivity index (χ1v) is 10.8. The number of aromatic carboxylic acids is 1. The third-order valence-corrected chi connectivity index (χ3v) is 6.12. The molecule has 8 heteroatoms. The molecule has 2 aliphatic rings. The zero-order valence-electron chi connectivity index (χ0n) is 18.0. The number of hydrogen-bond donors (Lipinski definition) is 2. The standard InChI is InChI=1S/C24H27N3O5/c1-16-5-4-7-18-15-32-24(31)27(22(16)18)19-9-11-26(12-10-19)14-21(28)25-13-17-6-2-3-8-20(17)23(29)30/h2-8,19H,9-15H2,1H3,(H,25,28)(H,29,30). The number of carboxylic acid groups (broad SMARTS) is 1. The fourth-order valence-corrected chi connectivity index (χ4v) is 4.48. The number of carboxylic acids is 1. The summed E-state index contributed by atoms with van der Waals surface area (Å²) in [5, 5.41) is 12.1. The second-order valence-electron chi connectivity index (χ2n) is 8.25. The number of carbonyl (C=O) groups excluding carboxylic acids is 2. The van der Waals surface area contributed by atoms with E-state index in [4.69, 9.17) is 4.74 Å². The van der Waals surface area contributed by atoms with E-state index in [2.05, 4.69) is 10.2 Å². The number of anilines is 1. The van der Waals surface area contributed by atoms with Crippen LogP contribution in [0, 0.1) is 6.92 Å². The Kier molecular flexibility index (Phi) is 6.41. The Balaban J connectivity index is 1.32. The van der Waals surface area contributed by atoms with Crippen LogP contribution in [0.2, 0.25) is 0 Å². The fraction of sp³-hybridized carbons (Fsp3) is 0.375. The van der Waals surface area contributed by atoms with E-state index in [1.54, 1.807) is 23.1 Å². The van der Waals surface area contributed by atoms with Crippen LogP contribution in [0.4, 0.5) is 10.5 Å². The van der Waals surface area contributed by atoms with E-state index in [9.17, 15) is 19.5 Å². The van der Waals surface area contributed by atoms with Gasteiger partial charge in [-0.2, -0.15) is 0 Å². The van der Waals surface area contributed by atoms with Crippen LogP contribution in [0.1, 0.15) is 39.9 Å². The summed E-state index contributed by atoms with van der Waals surface area (Å²) < 4.78 is 5.38. The summed E-state index contributed by atoms with van der Waals surface area (Å²) in [7, 11) is 0. The average molecular weight is 437 g/mol. The summed E-state index contributed by atoms with van der Waals surface area (Å²) in [6, 6.07) is 12.6. The minimum atomic E-state index is -1.01. The van der Waals surface area contributed by atoms with Crippen molar-refractivity contribution < 1.29 is 24.2 Å². The van der Waals surface area contributed by atoms with Crippen LogP contribution in [-0.4, -0.2) is 53.7 Å². The minimum Gasteiger partial charge on any atom is -0.478 e. The number of amides is 2. The van der Waals surface area contributed by atoms with Crippen LogP contribution in [0.3, 0.4) is 0 Å². The molecule has 2 amide bonds. The lowest BCUT2D eigenvalue weighted by molar-refractivity contribution is -0.122. The number of likely N-dealkylation sites (tertiary alicyclic amines) is 1. The van der Waals surface area contributed by atoms with Crippen molar-refractivity contribution >= 4 is 23.7 Å². The molecule has 2 aliphatic heterocycles. The number of carbonyl (C=O) groups is 3. The highest BCUT2D eigenvalue weighted by molar-refractivity contribution is 5.92. The van der Waals surface area contributed by atoms with Crippen LogP contribution < -0.4 is 10.2 Å². The number of aryl methyl sites for hydroxylation is 1. The Hall–Kier alpha value is -3.39. The Bertz CT molecular complexity index is 1030. The summed E-state index contributed by atoms with van der Waals surface area (Å²) in [5.41, 5.74) is 3.80. The largest absolute Gasteiger partial charge is 0.478 e. The van der Waals surface area contributed by atoms with Gasteiger partial charge in [-0.15, -0.1) is 0 Å². The molecule has 4 rings (SSSR count). The number of rotatable bonds is 6. The monoisotopic (exact) mass is 437 g/mol. The molecule has 2 aromatic rings. The zero-order chi connectivity index (χ0) is 22.7. The normalized spacial score (nSPS) is 16.9. The summed E-state index contributed by atoms with van der Waals surface area (Å²) in [5.74, 6) is -1.16. The molecule has 2 N–H and O–H groups in total. The van der Waals surface area contributed by atoms with Crippen molar-refractivity contribution in [3.05, 3.63) is 64.7 Å².